The van der Waals surface area contributed by atoms with Gasteiger partial charge in [0, 0.05) is 12.6 Å². The Hall–Kier alpha value is -0.640. The van der Waals surface area contributed by atoms with Crippen LogP contribution in [0.15, 0.2) is 0 Å². The lowest BCUT2D eigenvalue weighted by molar-refractivity contribution is -0.134. The molecular weight excluding hydrogens is 195 g/mol. The van der Waals surface area contributed by atoms with Gasteiger partial charge in [-0.25, -0.2) is 4.39 Å². The second-order valence-electron chi connectivity index (χ2n) is 4.70. The first-order chi connectivity index (χ1) is 7.21. The van der Waals surface area contributed by atoms with Crippen LogP contribution in [0.1, 0.15) is 38.5 Å². The molecule has 4 heteroatoms. The van der Waals surface area contributed by atoms with Crippen LogP contribution >= 0.6 is 0 Å². The van der Waals surface area contributed by atoms with E-state index in [1.165, 1.54) is 0 Å². The van der Waals surface area contributed by atoms with Crippen LogP contribution in [0.2, 0.25) is 0 Å². The molecule has 2 aliphatic rings. The molecule has 1 unspecified atom stereocenters. The van der Waals surface area contributed by atoms with Crippen LogP contribution in [-0.4, -0.2) is 30.7 Å². The number of hydrogen-bond acceptors (Lipinski definition) is 2. The van der Waals surface area contributed by atoms with E-state index in [0.717, 1.165) is 38.6 Å². The van der Waals surface area contributed by atoms with Gasteiger partial charge >= 0.3 is 0 Å². The van der Waals surface area contributed by atoms with E-state index in [-0.39, 0.29) is 12.6 Å². The van der Waals surface area contributed by atoms with Crippen molar-refractivity contribution < 1.29 is 9.18 Å². The number of halogens is 1. The zero-order chi connectivity index (χ0) is 10.7. The van der Waals surface area contributed by atoms with Crippen LogP contribution in [0.5, 0.6) is 0 Å². The third kappa shape index (κ3) is 2.48. The van der Waals surface area contributed by atoms with Crippen molar-refractivity contribution in [2.45, 2.75) is 50.2 Å². The smallest absolute Gasteiger partial charge is 0.259 e. The maximum atomic E-state index is 14.1. The summed E-state index contributed by atoms with van der Waals surface area (Å²) in [5.74, 6) is -0.401. The van der Waals surface area contributed by atoms with Gasteiger partial charge < -0.3 is 10.6 Å². The van der Waals surface area contributed by atoms with Crippen LogP contribution in [0, 0.1) is 0 Å². The molecule has 1 aliphatic carbocycles. The van der Waals surface area contributed by atoms with Gasteiger partial charge in [-0.3, -0.25) is 4.79 Å². The van der Waals surface area contributed by atoms with Crippen molar-refractivity contribution >= 4 is 5.91 Å². The van der Waals surface area contributed by atoms with Gasteiger partial charge in [0.15, 0.2) is 0 Å². The van der Waals surface area contributed by atoms with Crippen LogP contribution in [0.4, 0.5) is 4.39 Å². The van der Waals surface area contributed by atoms with Crippen molar-refractivity contribution in [2.75, 3.05) is 13.1 Å². The first-order valence-electron chi connectivity index (χ1n) is 5.91. The second kappa shape index (κ2) is 4.47. The summed E-state index contributed by atoms with van der Waals surface area (Å²) in [6, 6.07) is 0.215. The number of piperidine rings is 1. The molecule has 1 heterocycles. The van der Waals surface area contributed by atoms with Crippen molar-refractivity contribution in [3.63, 3.8) is 0 Å². The molecule has 0 radical (unpaired) electrons. The van der Waals surface area contributed by atoms with Crippen molar-refractivity contribution in [1.29, 1.82) is 0 Å². The molecule has 3 nitrogen and oxygen atoms in total. The molecule has 86 valence electrons. The highest BCUT2D eigenvalue weighted by atomic mass is 19.1. The Labute approximate surface area is 89.8 Å². The molecule has 1 saturated carbocycles. The number of hydrogen-bond donors (Lipinski definition) is 2. The molecular formula is C11H19FN2O. The predicted octanol–water partition coefficient (Wildman–Crippen LogP) is 1.14. The number of nitrogens with one attached hydrogen (secondary N) is 2. The van der Waals surface area contributed by atoms with Crippen molar-refractivity contribution in [3.8, 4) is 0 Å². The minimum atomic E-state index is -1.67. The molecule has 2 fully saturated rings. The number of alkyl halides is 1. The minimum absolute atomic E-state index is 0.172. The summed E-state index contributed by atoms with van der Waals surface area (Å²) in [5, 5.41) is 5.78. The lowest BCUT2D eigenvalue weighted by Crippen LogP contribution is -2.54. The summed E-state index contributed by atoms with van der Waals surface area (Å²) in [6.07, 6.45) is 5.43. The topological polar surface area (TPSA) is 41.1 Å². The quantitative estimate of drug-likeness (QED) is 0.723. The molecule has 1 atom stereocenters. The molecule has 0 aromatic carbocycles. The summed E-state index contributed by atoms with van der Waals surface area (Å²) >= 11 is 0. The average Bonchev–Trinajstić information content (AvgIpc) is 2.71. The lowest BCUT2D eigenvalue weighted by Gasteiger charge is -2.30. The number of carbonyl (C=O) groups is 1. The van der Waals surface area contributed by atoms with Crippen LogP contribution in [0.25, 0.3) is 0 Å². The minimum Gasteiger partial charge on any atom is -0.351 e. The van der Waals surface area contributed by atoms with E-state index < -0.39 is 11.6 Å². The van der Waals surface area contributed by atoms with Gasteiger partial charge in [0.05, 0.1) is 0 Å². The molecule has 2 rings (SSSR count). The summed E-state index contributed by atoms with van der Waals surface area (Å²) in [5.41, 5.74) is -1.67. The molecule has 0 aromatic rings. The average molecular weight is 214 g/mol. The van der Waals surface area contributed by atoms with Gasteiger partial charge in [-0.1, -0.05) is 12.8 Å². The third-order valence-corrected chi connectivity index (χ3v) is 3.43. The second-order valence-corrected chi connectivity index (χ2v) is 4.70. The fourth-order valence-electron chi connectivity index (χ4n) is 2.45. The Morgan fingerprint density at radius 3 is 2.67 bits per heavy atom. The molecule has 0 spiro atoms. The van der Waals surface area contributed by atoms with Crippen LogP contribution in [-0.2, 0) is 4.79 Å². The van der Waals surface area contributed by atoms with Crippen LogP contribution < -0.4 is 10.6 Å². The van der Waals surface area contributed by atoms with E-state index in [1.807, 2.05) is 0 Å². The zero-order valence-electron chi connectivity index (χ0n) is 9.02. The van der Waals surface area contributed by atoms with E-state index >= 15 is 0 Å². The fraction of sp³-hybridized carbons (Fsp3) is 0.909. The maximum absolute atomic E-state index is 14.1. The molecule has 0 aromatic heterocycles. The largest absolute Gasteiger partial charge is 0.351 e. The van der Waals surface area contributed by atoms with E-state index in [2.05, 4.69) is 10.6 Å². The van der Waals surface area contributed by atoms with Gasteiger partial charge in [-0.05, 0) is 32.2 Å². The van der Waals surface area contributed by atoms with E-state index in [1.54, 1.807) is 0 Å². The Morgan fingerprint density at radius 2 is 2.07 bits per heavy atom. The standard InChI is InChI=1S/C11H19FN2O/c12-11(6-3-7-13-8-11)10(15)14-9-4-1-2-5-9/h9,13H,1-8H2,(H,14,15). The number of rotatable bonds is 2. The van der Waals surface area contributed by atoms with E-state index in [9.17, 15) is 9.18 Å². The van der Waals surface area contributed by atoms with Gasteiger partial charge in [0.25, 0.3) is 5.91 Å². The van der Waals surface area contributed by atoms with E-state index in [0.29, 0.717) is 6.42 Å². The lowest BCUT2D eigenvalue weighted by atomic mass is 9.95. The normalized spacial score (nSPS) is 32.9. The summed E-state index contributed by atoms with van der Waals surface area (Å²) in [7, 11) is 0. The van der Waals surface area contributed by atoms with Crippen molar-refractivity contribution in [1.82, 2.24) is 10.6 Å². The fourth-order valence-corrected chi connectivity index (χ4v) is 2.45. The van der Waals surface area contributed by atoms with Gasteiger partial charge in [0.2, 0.25) is 5.67 Å². The van der Waals surface area contributed by atoms with Crippen molar-refractivity contribution in [2.24, 2.45) is 0 Å². The predicted molar refractivity (Wildman–Crippen MR) is 56.3 cm³/mol. The molecule has 0 bridgehead atoms. The van der Waals surface area contributed by atoms with Gasteiger partial charge in [0.1, 0.15) is 0 Å². The van der Waals surface area contributed by atoms with Gasteiger partial charge in [-0.15, -0.1) is 0 Å². The maximum Gasteiger partial charge on any atom is 0.259 e. The Kier molecular flexibility index (Phi) is 3.24. The zero-order valence-corrected chi connectivity index (χ0v) is 9.02. The van der Waals surface area contributed by atoms with E-state index in [4.69, 9.17) is 0 Å². The molecule has 2 N–H and O–H groups in total. The first-order valence-corrected chi connectivity index (χ1v) is 5.91. The monoisotopic (exact) mass is 214 g/mol. The summed E-state index contributed by atoms with van der Waals surface area (Å²) in [6.45, 7) is 0.994. The molecule has 1 amide bonds. The first kappa shape index (κ1) is 10.9. The number of carbonyl (C=O) groups excluding carboxylic acids is 1. The third-order valence-electron chi connectivity index (χ3n) is 3.43. The molecule has 1 aliphatic heterocycles. The van der Waals surface area contributed by atoms with Crippen molar-refractivity contribution in [3.05, 3.63) is 0 Å². The Morgan fingerprint density at radius 1 is 1.33 bits per heavy atom. The Balaban J connectivity index is 1.87. The number of amides is 1. The van der Waals surface area contributed by atoms with Crippen LogP contribution in [0.3, 0.4) is 0 Å². The summed E-state index contributed by atoms with van der Waals surface area (Å²) < 4.78 is 14.1. The highest BCUT2D eigenvalue weighted by Crippen LogP contribution is 2.23. The molecule has 1 saturated heterocycles. The SMILES string of the molecule is O=C(NC1CCCC1)C1(F)CCCNC1. The summed E-state index contributed by atoms with van der Waals surface area (Å²) in [4.78, 5) is 11.7. The van der Waals surface area contributed by atoms with Gasteiger partial charge in [-0.2, -0.15) is 0 Å². The highest BCUT2D eigenvalue weighted by molar-refractivity contribution is 5.85. The molecule has 15 heavy (non-hydrogen) atoms. The Bertz CT molecular complexity index is 233. The highest BCUT2D eigenvalue weighted by Gasteiger charge is 2.40.